The molecule has 0 saturated heterocycles. The summed E-state index contributed by atoms with van der Waals surface area (Å²) in [5.74, 6) is -0.187. The highest BCUT2D eigenvalue weighted by molar-refractivity contribution is 6.32. The van der Waals surface area contributed by atoms with Crippen LogP contribution in [0.1, 0.15) is 22.5 Å². The number of carbonyl (C=O) groups is 1. The van der Waals surface area contributed by atoms with Gasteiger partial charge in [-0.2, -0.15) is 5.10 Å². The molecule has 0 fully saturated rings. The van der Waals surface area contributed by atoms with Gasteiger partial charge in [-0.15, -0.1) is 0 Å². The molecule has 0 bridgehead atoms. The number of aromatic nitrogens is 1. The summed E-state index contributed by atoms with van der Waals surface area (Å²) < 4.78 is 2.07. The minimum Gasteiger partial charge on any atom is -0.316 e. The van der Waals surface area contributed by atoms with E-state index in [4.69, 9.17) is 23.2 Å². The van der Waals surface area contributed by atoms with Crippen molar-refractivity contribution in [3.8, 4) is 5.69 Å². The number of halogens is 2. The van der Waals surface area contributed by atoms with Crippen molar-refractivity contribution in [3.05, 3.63) is 87.2 Å². The minimum atomic E-state index is -0.187. The van der Waals surface area contributed by atoms with Crippen LogP contribution in [0.4, 0.5) is 0 Å². The number of hydrogen-bond donors (Lipinski definition) is 1. The van der Waals surface area contributed by atoms with Crippen molar-refractivity contribution in [2.75, 3.05) is 0 Å². The first kappa shape index (κ1) is 19.2. The molecule has 0 aliphatic heterocycles. The fourth-order valence-corrected chi connectivity index (χ4v) is 3.27. The van der Waals surface area contributed by atoms with Gasteiger partial charge in [-0.3, -0.25) is 4.79 Å². The number of amides is 1. The van der Waals surface area contributed by atoms with Crippen molar-refractivity contribution in [1.29, 1.82) is 0 Å². The lowest BCUT2D eigenvalue weighted by molar-refractivity contribution is -0.120. The standard InChI is InChI=1S/C21H19Cl2N3O/c1-14-11-17(15(2)26(14)20-6-4-3-5-19(20)23)13-24-25-21(27)12-16-7-9-18(22)10-8-16/h3-11,13H,12H2,1-2H3,(H,25,27)/b24-13-. The van der Waals surface area contributed by atoms with Gasteiger partial charge in [0.1, 0.15) is 0 Å². The first-order valence-electron chi connectivity index (χ1n) is 8.46. The lowest BCUT2D eigenvalue weighted by Gasteiger charge is -2.11. The molecule has 1 heterocycles. The van der Waals surface area contributed by atoms with Crippen molar-refractivity contribution >= 4 is 35.3 Å². The normalized spacial score (nSPS) is 11.1. The monoisotopic (exact) mass is 399 g/mol. The van der Waals surface area contributed by atoms with Crippen LogP contribution < -0.4 is 5.43 Å². The van der Waals surface area contributed by atoms with Crippen molar-refractivity contribution in [3.63, 3.8) is 0 Å². The van der Waals surface area contributed by atoms with Crippen LogP contribution in [-0.2, 0) is 11.2 Å². The molecule has 0 aliphatic rings. The lowest BCUT2D eigenvalue weighted by Crippen LogP contribution is -2.19. The zero-order chi connectivity index (χ0) is 19.4. The Morgan fingerprint density at radius 2 is 1.81 bits per heavy atom. The molecule has 0 radical (unpaired) electrons. The fraction of sp³-hybridized carbons (Fsp3) is 0.143. The van der Waals surface area contributed by atoms with Gasteiger partial charge in [0.2, 0.25) is 5.91 Å². The van der Waals surface area contributed by atoms with E-state index in [2.05, 4.69) is 15.1 Å². The van der Waals surface area contributed by atoms with Gasteiger partial charge in [0.25, 0.3) is 0 Å². The zero-order valence-corrected chi connectivity index (χ0v) is 16.6. The third-order valence-electron chi connectivity index (χ3n) is 4.23. The summed E-state index contributed by atoms with van der Waals surface area (Å²) in [4.78, 5) is 12.0. The highest BCUT2D eigenvalue weighted by atomic mass is 35.5. The number of hydrazone groups is 1. The number of benzene rings is 2. The van der Waals surface area contributed by atoms with Crippen LogP contribution in [0.3, 0.4) is 0 Å². The zero-order valence-electron chi connectivity index (χ0n) is 15.0. The van der Waals surface area contributed by atoms with Crippen LogP contribution in [0, 0.1) is 13.8 Å². The van der Waals surface area contributed by atoms with Gasteiger partial charge in [-0.05, 0) is 49.7 Å². The summed E-state index contributed by atoms with van der Waals surface area (Å²) in [5.41, 5.74) is 7.31. The van der Waals surface area contributed by atoms with Gasteiger partial charge in [0.05, 0.1) is 23.3 Å². The number of carbonyl (C=O) groups excluding carboxylic acids is 1. The minimum absolute atomic E-state index is 0.187. The smallest absolute Gasteiger partial charge is 0.244 e. The van der Waals surface area contributed by atoms with Gasteiger partial charge in [0, 0.05) is 22.0 Å². The average Bonchev–Trinajstić information content (AvgIpc) is 2.91. The molecule has 0 spiro atoms. The Morgan fingerprint density at radius 3 is 2.52 bits per heavy atom. The second kappa shape index (κ2) is 8.42. The average molecular weight is 400 g/mol. The summed E-state index contributed by atoms with van der Waals surface area (Å²) in [6, 6.07) is 16.9. The molecule has 0 unspecified atom stereocenters. The number of aryl methyl sites for hydroxylation is 1. The number of rotatable bonds is 5. The third-order valence-corrected chi connectivity index (χ3v) is 4.81. The van der Waals surface area contributed by atoms with E-state index in [9.17, 15) is 4.79 Å². The Labute approximate surface area is 168 Å². The second-order valence-corrected chi connectivity index (χ2v) is 7.05. The number of nitrogens with zero attached hydrogens (tertiary/aromatic N) is 2. The maximum atomic E-state index is 12.0. The molecule has 1 N–H and O–H groups in total. The summed E-state index contributed by atoms with van der Waals surface area (Å²) in [5, 5.41) is 5.41. The fourth-order valence-electron chi connectivity index (χ4n) is 2.92. The van der Waals surface area contributed by atoms with E-state index < -0.39 is 0 Å². The molecule has 0 saturated carbocycles. The molecule has 1 amide bonds. The van der Waals surface area contributed by atoms with Gasteiger partial charge in [-0.1, -0.05) is 47.5 Å². The number of nitrogens with one attached hydrogen (secondary N) is 1. The maximum absolute atomic E-state index is 12.0. The summed E-state index contributed by atoms with van der Waals surface area (Å²) in [6.07, 6.45) is 1.89. The first-order valence-corrected chi connectivity index (χ1v) is 9.21. The Kier molecular flexibility index (Phi) is 5.99. The van der Waals surface area contributed by atoms with E-state index in [-0.39, 0.29) is 12.3 Å². The van der Waals surface area contributed by atoms with Gasteiger partial charge < -0.3 is 4.57 Å². The SMILES string of the molecule is Cc1cc(/C=N\NC(=O)Cc2ccc(Cl)cc2)c(C)n1-c1ccccc1Cl. The first-order chi connectivity index (χ1) is 13.0. The molecule has 3 rings (SSSR count). The van der Waals surface area contributed by atoms with Crippen LogP contribution in [0.15, 0.2) is 59.7 Å². The Morgan fingerprint density at radius 1 is 1.11 bits per heavy atom. The molecule has 4 nitrogen and oxygen atoms in total. The van der Waals surface area contributed by atoms with Crippen LogP contribution in [0.25, 0.3) is 5.69 Å². The largest absolute Gasteiger partial charge is 0.316 e. The maximum Gasteiger partial charge on any atom is 0.244 e. The van der Waals surface area contributed by atoms with Crippen molar-refractivity contribution in [2.45, 2.75) is 20.3 Å². The molecule has 1 aromatic heterocycles. The molecular weight excluding hydrogens is 381 g/mol. The lowest BCUT2D eigenvalue weighted by atomic mass is 10.1. The summed E-state index contributed by atoms with van der Waals surface area (Å²) in [6.45, 7) is 4.00. The van der Waals surface area contributed by atoms with E-state index in [1.807, 2.05) is 56.3 Å². The summed E-state index contributed by atoms with van der Waals surface area (Å²) in [7, 11) is 0. The number of para-hydroxylation sites is 1. The van der Waals surface area contributed by atoms with Crippen molar-refractivity contribution in [1.82, 2.24) is 9.99 Å². The Bertz CT molecular complexity index is 991. The molecule has 2 aromatic carbocycles. The van der Waals surface area contributed by atoms with E-state index in [1.165, 1.54) is 0 Å². The predicted octanol–water partition coefficient (Wildman–Crippen LogP) is 5.09. The number of hydrogen-bond acceptors (Lipinski definition) is 2. The predicted molar refractivity (Wildman–Crippen MR) is 111 cm³/mol. The van der Waals surface area contributed by atoms with Gasteiger partial charge in [0.15, 0.2) is 0 Å². The Balaban J connectivity index is 1.71. The third kappa shape index (κ3) is 4.59. The van der Waals surface area contributed by atoms with E-state index in [0.717, 1.165) is 28.2 Å². The second-order valence-electron chi connectivity index (χ2n) is 6.21. The summed E-state index contributed by atoms with van der Waals surface area (Å²) >= 11 is 12.2. The molecule has 138 valence electrons. The van der Waals surface area contributed by atoms with E-state index in [0.29, 0.717) is 10.0 Å². The van der Waals surface area contributed by atoms with Crippen LogP contribution in [0.2, 0.25) is 10.0 Å². The molecule has 0 aliphatic carbocycles. The van der Waals surface area contributed by atoms with Crippen molar-refractivity contribution in [2.24, 2.45) is 5.10 Å². The van der Waals surface area contributed by atoms with E-state index in [1.54, 1.807) is 18.3 Å². The van der Waals surface area contributed by atoms with E-state index >= 15 is 0 Å². The topological polar surface area (TPSA) is 46.4 Å². The van der Waals surface area contributed by atoms with Gasteiger partial charge >= 0.3 is 0 Å². The van der Waals surface area contributed by atoms with Crippen LogP contribution in [-0.4, -0.2) is 16.7 Å². The highest BCUT2D eigenvalue weighted by Crippen LogP contribution is 2.25. The van der Waals surface area contributed by atoms with Crippen molar-refractivity contribution < 1.29 is 4.79 Å². The van der Waals surface area contributed by atoms with Gasteiger partial charge in [-0.25, -0.2) is 5.43 Å². The van der Waals surface area contributed by atoms with Crippen LogP contribution in [0.5, 0.6) is 0 Å². The quantitative estimate of drug-likeness (QED) is 0.471. The van der Waals surface area contributed by atoms with Crippen LogP contribution >= 0.6 is 23.2 Å². The molecule has 0 atom stereocenters. The molecular formula is C21H19Cl2N3O. The molecule has 27 heavy (non-hydrogen) atoms. The highest BCUT2D eigenvalue weighted by Gasteiger charge is 2.11. The molecule has 3 aromatic rings. The Hall–Kier alpha value is -2.56. The molecule has 6 heteroatoms.